The van der Waals surface area contributed by atoms with E-state index in [2.05, 4.69) is 55.7 Å². The molecule has 7 nitrogen and oxygen atoms in total. The van der Waals surface area contributed by atoms with Gasteiger partial charge in [-0.1, -0.05) is 12.8 Å². The molecule has 2 aliphatic rings. The minimum absolute atomic E-state index is 0.195. The Kier molecular flexibility index (Phi) is 5.29. The van der Waals surface area contributed by atoms with Gasteiger partial charge in [-0.2, -0.15) is 5.10 Å². The van der Waals surface area contributed by atoms with Gasteiger partial charge in [0.05, 0.1) is 31.0 Å². The Balaban J connectivity index is 1.34. The number of carbonyl (C=O) groups is 1. The number of rotatable bonds is 6. The topological polar surface area (TPSA) is 68.0 Å². The first-order chi connectivity index (χ1) is 13.1. The number of hydrogen-bond donors (Lipinski definition) is 1. The van der Waals surface area contributed by atoms with Crippen molar-refractivity contribution in [3.8, 4) is 0 Å². The molecular formula is C20H30N6O. The van der Waals surface area contributed by atoms with Gasteiger partial charge in [0.25, 0.3) is 0 Å². The number of amides is 1. The second-order valence-electron chi connectivity index (χ2n) is 8.10. The maximum absolute atomic E-state index is 12.2. The highest BCUT2D eigenvalue weighted by Crippen LogP contribution is 2.24. The molecule has 0 unspecified atom stereocenters. The lowest BCUT2D eigenvalue weighted by atomic mass is 10.1. The fourth-order valence-corrected chi connectivity index (χ4v) is 4.25. The quantitative estimate of drug-likeness (QED) is 0.848. The van der Waals surface area contributed by atoms with Crippen LogP contribution in [-0.2, 0) is 31.0 Å². The number of nitrogens with zero attached hydrogens (tertiary/aromatic N) is 5. The molecule has 0 spiro atoms. The SMILES string of the molecule is CC(C)n1ccnc1CN1CCn2nc(CNC(=O)C3CCCC3)cc2C1. The number of carbonyl (C=O) groups excluding carboxylic acids is 1. The van der Waals surface area contributed by atoms with Crippen molar-refractivity contribution in [1.82, 2.24) is 29.5 Å². The van der Waals surface area contributed by atoms with Gasteiger partial charge in [-0.05, 0) is 32.8 Å². The molecule has 1 saturated carbocycles. The first-order valence-electron chi connectivity index (χ1n) is 10.2. The monoisotopic (exact) mass is 370 g/mol. The van der Waals surface area contributed by atoms with Crippen LogP contribution in [0.1, 0.15) is 62.8 Å². The fourth-order valence-electron chi connectivity index (χ4n) is 4.25. The summed E-state index contributed by atoms with van der Waals surface area (Å²) in [5.74, 6) is 1.52. The van der Waals surface area contributed by atoms with Crippen molar-refractivity contribution in [2.75, 3.05) is 6.54 Å². The van der Waals surface area contributed by atoms with Gasteiger partial charge in [-0.15, -0.1) is 0 Å². The van der Waals surface area contributed by atoms with Crippen molar-refractivity contribution in [1.29, 1.82) is 0 Å². The van der Waals surface area contributed by atoms with E-state index < -0.39 is 0 Å². The lowest BCUT2D eigenvalue weighted by Crippen LogP contribution is -2.34. The predicted molar refractivity (Wildman–Crippen MR) is 103 cm³/mol. The molecule has 7 heteroatoms. The van der Waals surface area contributed by atoms with E-state index in [-0.39, 0.29) is 11.8 Å². The van der Waals surface area contributed by atoms with Crippen molar-refractivity contribution < 1.29 is 4.79 Å². The molecular weight excluding hydrogens is 340 g/mol. The van der Waals surface area contributed by atoms with Gasteiger partial charge in [0.15, 0.2) is 0 Å². The predicted octanol–water partition coefficient (Wildman–Crippen LogP) is 2.48. The van der Waals surface area contributed by atoms with E-state index in [1.165, 1.54) is 18.5 Å². The van der Waals surface area contributed by atoms with E-state index in [9.17, 15) is 4.79 Å². The summed E-state index contributed by atoms with van der Waals surface area (Å²) >= 11 is 0. The molecule has 27 heavy (non-hydrogen) atoms. The van der Waals surface area contributed by atoms with Gasteiger partial charge in [-0.3, -0.25) is 14.4 Å². The Morgan fingerprint density at radius 2 is 2.11 bits per heavy atom. The van der Waals surface area contributed by atoms with E-state index in [4.69, 9.17) is 0 Å². The Morgan fingerprint density at radius 3 is 2.89 bits per heavy atom. The Labute approximate surface area is 160 Å². The normalized spacial score (nSPS) is 18.2. The molecule has 2 aromatic rings. The van der Waals surface area contributed by atoms with E-state index in [0.29, 0.717) is 12.6 Å². The highest BCUT2D eigenvalue weighted by atomic mass is 16.1. The number of aromatic nitrogens is 4. The molecule has 0 radical (unpaired) electrons. The van der Waals surface area contributed by atoms with Crippen molar-refractivity contribution in [3.63, 3.8) is 0 Å². The van der Waals surface area contributed by atoms with E-state index in [0.717, 1.165) is 50.5 Å². The number of imidazole rings is 1. The zero-order chi connectivity index (χ0) is 18.8. The van der Waals surface area contributed by atoms with Crippen molar-refractivity contribution in [2.45, 2.75) is 71.8 Å². The van der Waals surface area contributed by atoms with Crippen LogP contribution < -0.4 is 5.32 Å². The maximum atomic E-state index is 12.2. The molecule has 2 aromatic heterocycles. The third-order valence-electron chi connectivity index (χ3n) is 5.77. The summed E-state index contributed by atoms with van der Waals surface area (Å²) in [6.45, 7) is 8.47. The fraction of sp³-hybridized carbons (Fsp3) is 0.650. The van der Waals surface area contributed by atoms with Crippen LogP contribution >= 0.6 is 0 Å². The molecule has 146 valence electrons. The van der Waals surface area contributed by atoms with Crippen LogP contribution in [-0.4, -0.2) is 36.7 Å². The molecule has 0 atom stereocenters. The average molecular weight is 371 g/mol. The van der Waals surface area contributed by atoms with Crippen LogP contribution in [0.2, 0.25) is 0 Å². The maximum Gasteiger partial charge on any atom is 0.223 e. The Morgan fingerprint density at radius 1 is 1.30 bits per heavy atom. The number of fused-ring (bicyclic) bond motifs is 1. The smallest absolute Gasteiger partial charge is 0.223 e. The lowest BCUT2D eigenvalue weighted by molar-refractivity contribution is -0.124. The summed E-state index contributed by atoms with van der Waals surface area (Å²) in [5.41, 5.74) is 2.18. The number of hydrogen-bond acceptors (Lipinski definition) is 4. The van der Waals surface area contributed by atoms with Gasteiger partial charge in [-0.25, -0.2) is 4.98 Å². The highest BCUT2D eigenvalue weighted by molar-refractivity contribution is 5.78. The zero-order valence-electron chi connectivity index (χ0n) is 16.4. The van der Waals surface area contributed by atoms with Crippen LogP contribution in [0.25, 0.3) is 0 Å². The molecule has 1 aliphatic carbocycles. The summed E-state index contributed by atoms with van der Waals surface area (Å²) < 4.78 is 4.32. The minimum Gasteiger partial charge on any atom is -0.350 e. The summed E-state index contributed by atoms with van der Waals surface area (Å²) in [7, 11) is 0. The summed E-state index contributed by atoms with van der Waals surface area (Å²) in [6.07, 6.45) is 8.37. The van der Waals surface area contributed by atoms with Gasteiger partial charge in [0.2, 0.25) is 5.91 Å². The van der Waals surface area contributed by atoms with Crippen LogP contribution in [0.3, 0.4) is 0 Å². The molecule has 1 fully saturated rings. The third-order valence-corrected chi connectivity index (χ3v) is 5.77. The van der Waals surface area contributed by atoms with Crippen LogP contribution in [0, 0.1) is 5.92 Å². The standard InChI is InChI=1S/C20H30N6O/c1-15(2)25-8-7-21-19(25)14-24-9-10-26-18(13-24)11-17(23-26)12-22-20(27)16-5-3-4-6-16/h7-8,11,15-16H,3-6,9-10,12-14H2,1-2H3,(H,22,27). The molecule has 1 amide bonds. The molecule has 0 bridgehead atoms. The first-order valence-corrected chi connectivity index (χ1v) is 10.2. The molecule has 0 aromatic carbocycles. The highest BCUT2D eigenvalue weighted by Gasteiger charge is 2.23. The second kappa shape index (κ2) is 7.84. The Bertz CT molecular complexity index is 786. The molecule has 1 aliphatic heterocycles. The zero-order valence-corrected chi connectivity index (χ0v) is 16.4. The molecule has 3 heterocycles. The van der Waals surface area contributed by atoms with Crippen molar-refractivity contribution in [3.05, 3.63) is 35.7 Å². The van der Waals surface area contributed by atoms with E-state index >= 15 is 0 Å². The van der Waals surface area contributed by atoms with Gasteiger partial charge in [0, 0.05) is 37.4 Å². The summed E-state index contributed by atoms with van der Waals surface area (Å²) in [6, 6.07) is 2.56. The van der Waals surface area contributed by atoms with Crippen molar-refractivity contribution in [2.24, 2.45) is 5.92 Å². The summed E-state index contributed by atoms with van der Waals surface area (Å²) in [5, 5.41) is 7.76. The molecule has 4 rings (SSSR count). The van der Waals surface area contributed by atoms with Crippen LogP contribution in [0.4, 0.5) is 0 Å². The molecule has 0 saturated heterocycles. The third kappa shape index (κ3) is 4.08. The van der Waals surface area contributed by atoms with E-state index in [1.54, 1.807) is 0 Å². The number of nitrogens with one attached hydrogen (secondary N) is 1. The minimum atomic E-state index is 0.195. The van der Waals surface area contributed by atoms with Crippen LogP contribution in [0.5, 0.6) is 0 Å². The van der Waals surface area contributed by atoms with Gasteiger partial charge < -0.3 is 9.88 Å². The van der Waals surface area contributed by atoms with Crippen molar-refractivity contribution >= 4 is 5.91 Å². The largest absolute Gasteiger partial charge is 0.350 e. The molecule has 1 N–H and O–H groups in total. The second-order valence-corrected chi connectivity index (χ2v) is 8.10. The lowest BCUT2D eigenvalue weighted by Gasteiger charge is -2.27. The Hall–Kier alpha value is -2.15. The average Bonchev–Trinajstić information content (AvgIpc) is 3.39. The van der Waals surface area contributed by atoms with E-state index in [1.807, 2.05) is 6.20 Å². The summed E-state index contributed by atoms with van der Waals surface area (Å²) in [4.78, 5) is 19.2. The first kappa shape index (κ1) is 18.2. The van der Waals surface area contributed by atoms with Gasteiger partial charge in [0.1, 0.15) is 5.82 Å². The van der Waals surface area contributed by atoms with Crippen LogP contribution in [0.15, 0.2) is 18.5 Å². The van der Waals surface area contributed by atoms with Gasteiger partial charge >= 0.3 is 0 Å².